The first-order valence-electron chi connectivity index (χ1n) is 34.0. The predicted molar refractivity (Wildman–Crippen MR) is 415 cm³/mol. The van der Waals surface area contributed by atoms with Crippen molar-refractivity contribution in [1.29, 1.82) is 0 Å². The largest absolute Gasteiger partial charge is 0.496 e. The van der Waals surface area contributed by atoms with Crippen molar-refractivity contribution in [3.8, 4) is 69.0 Å². The molecule has 31 heteroatoms. The number of methoxy groups -OCH3 is 3. The van der Waals surface area contributed by atoms with Crippen molar-refractivity contribution in [3.05, 3.63) is 203 Å². The Kier molecular flexibility index (Phi) is 24.0. The molecule has 9 aromatic heterocycles. The van der Waals surface area contributed by atoms with Crippen LogP contribution in [0.15, 0.2) is 158 Å². The molecule has 0 bridgehead atoms. The molecule has 6 amide bonds. The number of hydrogen-bond donors (Lipinski definition) is 7. The fourth-order valence-electron chi connectivity index (χ4n) is 12.1. The van der Waals surface area contributed by atoms with E-state index in [0.717, 1.165) is 29.5 Å². The number of amides is 6. The van der Waals surface area contributed by atoms with Crippen molar-refractivity contribution in [2.24, 2.45) is 0 Å². The molecule has 0 unspecified atom stereocenters. The Labute approximate surface area is 630 Å². The Bertz CT molecular complexity index is 5580. The Morgan fingerprint density at radius 3 is 1.76 bits per heavy atom. The van der Waals surface area contributed by atoms with Crippen molar-refractivity contribution in [2.75, 3.05) is 74.7 Å². The molecule has 1 saturated heterocycles. The maximum absolute atomic E-state index is 13.0. The van der Waals surface area contributed by atoms with Gasteiger partial charge in [-0.05, 0) is 132 Å². The van der Waals surface area contributed by atoms with Gasteiger partial charge < -0.3 is 62.5 Å². The summed E-state index contributed by atoms with van der Waals surface area (Å²) in [6, 6.07) is 23.5. The molecule has 1 aliphatic rings. The van der Waals surface area contributed by atoms with Gasteiger partial charge in [-0.3, -0.25) is 42.0 Å². The third kappa shape index (κ3) is 17.1. The summed E-state index contributed by atoms with van der Waals surface area (Å²) in [7, 11) is 6.20. The van der Waals surface area contributed by atoms with Gasteiger partial charge in [0.05, 0.1) is 55.6 Å². The van der Waals surface area contributed by atoms with Crippen molar-refractivity contribution in [2.45, 2.75) is 72.5 Å². The Hall–Kier alpha value is -13.9. The maximum Gasteiger partial charge on any atom is 0.299 e. The van der Waals surface area contributed by atoms with Gasteiger partial charge in [0.1, 0.15) is 97.5 Å². The molecule has 1 aliphatic heterocycles. The third-order valence-electron chi connectivity index (χ3n) is 17.5. The highest BCUT2D eigenvalue weighted by atomic mass is 32.1. The van der Waals surface area contributed by atoms with E-state index < -0.39 is 12.1 Å². The van der Waals surface area contributed by atoms with Crippen molar-refractivity contribution in [1.82, 2.24) is 73.2 Å². The van der Waals surface area contributed by atoms with E-state index >= 15 is 0 Å². The summed E-state index contributed by atoms with van der Waals surface area (Å²) < 4.78 is 21.5. The number of imidazole rings is 3. The fraction of sp³-hybridized carbons (Fsp3) is 0.218. The van der Waals surface area contributed by atoms with Crippen LogP contribution in [0.5, 0.6) is 11.5 Å². The van der Waals surface area contributed by atoms with E-state index in [1.54, 1.807) is 165 Å². The molecule has 0 saturated carbocycles. The first-order valence-corrected chi connectivity index (χ1v) is 35.0. The predicted octanol–water partition coefficient (Wildman–Crippen LogP) is 10.2. The molecule has 12 aromatic rings. The van der Waals surface area contributed by atoms with Gasteiger partial charge in [-0.25, -0.2) is 44.9 Å². The molecule has 0 aliphatic carbocycles. The number of carbonyl (C=O) groups excluding carboxylic acids is 6. The number of pyridine rings is 2. The second kappa shape index (κ2) is 34.3. The number of carbonyl (C=O) groups is 6. The SMILES string of the molecule is CC#CC(=O)N(C)[C@@H](C)c1nc(-c2ccc(C(=O)Nc3cc(C)ccn3)c(OC)c2)c2c(N)nccn12.CC#CC(=O)N1CCC[C@H]1c1nc(-c2ccc(C(=O)Nc3cscn3)cc2)c2c(N)nccn12.COC/C=C/C(=O)N[C@@H](C)c1nc(-c2ccc(C(=O)Nc3ccc(C)cn3)c(OC)c2)c2c(N)nccn12. The zero-order chi connectivity index (χ0) is 77.6. The lowest BCUT2D eigenvalue weighted by Gasteiger charge is -2.21. The fourth-order valence-corrected chi connectivity index (χ4v) is 12.6. The zero-order valence-corrected chi connectivity index (χ0v) is 62.0. The summed E-state index contributed by atoms with van der Waals surface area (Å²) in [5.74, 6) is 13.6. The highest BCUT2D eigenvalue weighted by molar-refractivity contribution is 7.07. The molecule has 1 fully saturated rings. The summed E-state index contributed by atoms with van der Waals surface area (Å²) in [4.78, 5) is 119. The number of aryl methyl sites for hydroxylation is 2. The van der Waals surface area contributed by atoms with Gasteiger partial charge >= 0.3 is 0 Å². The number of fused-ring (bicyclic) bond motifs is 3. The lowest BCUT2D eigenvalue weighted by molar-refractivity contribution is -0.126. The van der Waals surface area contributed by atoms with Crippen LogP contribution in [0.4, 0.5) is 34.9 Å². The van der Waals surface area contributed by atoms with Gasteiger partial charge in [-0.2, -0.15) is 0 Å². The number of likely N-dealkylation sites (tertiary alicyclic amines) is 1. The van der Waals surface area contributed by atoms with Crippen LogP contribution in [-0.4, -0.2) is 145 Å². The van der Waals surface area contributed by atoms with Gasteiger partial charge in [-0.1, -0.05) is 48.2 Å². The number of hydrogen-bond acceptors (Lipinski definition) is 22. The molecule has 109 heavy (non-hydrogen) atoms. The topological polar surface area (TPSA) is 392 Å². The van der Waals surface area contributed by atoms with Crippen LogP contribution in [-0.2, 0) is 19.1 Å². The summed E-state index contributed by atoms with van der Waals surface area (Å²) in [6.45, 7) is 11.7. The molecular weight excluding hydrogens is 1410 g/mol. The van der Waals surface area contributed by atoms with E-state index in [4.69, 9.17) is 46.4 Å². The van der Waals surface area contributed by atoms with Crippen LogP contribution in [0.1, 0.15) is 118 Å². The van der Waals surface area contributed by atoms with E-state index in [1.807, 2.05) is 60.8 Å². The number of anilines is 6. The second-order valence-electron chi connectivity index (χ2n) is 24.7. The van der Waals surface area contributed by atoms with Crippen molar-refractivity contribution >= 4 is 98.2 Å². The highest BCUT2D eigenvalue weighted by Gasteiger charge is 2.34. The maximum atomic E-state index is 13.0. The van der Waals surface area contributed by atoms with Crippen LogP contribution in [0.3, 0.4) is 0 Å². The summed E-state index contributed by atoms with van der Waals surface area (Å²) >= 11 is 1.41. The molecule has 30 nitrogen and oxygen atoms in total. The molecule has 3 atom stereocenters. The van der Waals surface area contributed by atoms with E-state index in [1.165, 1.54) is 36.5 Å². The van der Waals surface area contributed by atoms with Crippen LogP contribution < -0.4 is 47.9 Å². The van der Waals surface area contributed by atoms with E-state index in [2.05, 4.69) is 74.9 Å². The lowest BCUT2D eigenvalue weighted by atomic mass is 10.1. The first-order chi connectivity index (χ1) is 52.6. The second-order valence-corrected chi connectivity index (χ2v) is 25.4. The molecular formula is C78H77N21O9S. The van der Waals surface area contributed by atoms with Gasteiger partial charge in [-0.15, -0.1) is 11.3 Å². The third-order valence-corrected chi connectivity index (χ3v) is 18.1. The summed E-state index contributed by atoms with van der Waals surface area (Å²) in [5.41, 5.74) is 29.2. The smallest absolute Gasteiger partial charge is 0.299 e. The number of benzene rings is 3. The Morgan fingerprint density at radius 2 is 1.19 bits per heavy atom. The minimum Gasteiger partial charge on any atom is -0.496 e. The highest BCUT2D eigenvalue weighted by Crippen LogP contribution is 2.39. The van der Waals surface area contributed by atoms with Crippen LogP contribution >= 0.6 is 11.3 Å². The average molecular weight is 1480 g/mol. The number of thiazole rings is 1. The standard InChI is InChI=1S/C27H29N7O4.C27H27N7O3.C24H21N7O2S/c1-16-7-10-21(30-15-16)32-27(36)19-9-8-18(14-20(19)38-4)23-24-25(28)29-11-12-34(24)26(33-23)17(2)31-22(35)6-5-13-37-3;1-6-7-22(35)33(4)17(3)26-32-23(24-25(28)30-12-13-34(24)26)18-8-9-19(20(15-18)37-5)27(36)31-21-14-16(2)10-11-29-21;1-2-4-19(32)30-11-3-5-17(30)23-29-20(21-22(25)26-10-12-31(21)23)15-6-8-16(9-7-15)24(33)28-18-13-34-14-27-18/h5-12,14-15,17H,13H2,1-4H3,(H2,28,29)(H,31,35)(H,30,32,36);8-15,17H,1-5H3,(H2,28,30)(H,29,31,36);6-10,12-14,17H,3,5,11H2,1H3,(H2,25,26)(H,28,33)/b6-5+;;/t3*17-/m000/s1. The van der Waals surface area contributed by atoms with E-state index in [0.29, 0.717) is 127 Å². The average Bonchev–Trinajstić information content (AvgIpc) is 1.63. The minimum absolute atomic E-state index is 0.208. The van der Waals surface area contributed by atoms with Crippen molar-refractivity contribution in [3.63, 3.8) is 0 Å². The van der Waals surface area contributed by atoms with E-state index in [9.17, 15) is 28.8 Å². The molecule has 3 aromatic carbocycles. The molecule has 0 spiro atoms. The van der Waals surface area contributed by atoms with Crippen LogP contribution in [0, 0.1) is 37.5 Å². The van der Waals surface area contributed by atoms with Gasteiger partial charge in [0, 0.05) is 104 Å². The number of nitrogens with two attached hydrogens (primary N) is 3. The summed E-state index contributed by atoms with van der Waals surface area (Å²) in [6.07, 6.45) is 18.0. The first kappa shape index (κ1) is 76.2. The monoisotopic (exact) mass is 1480 g/mol. The molecule has 10 heterocycles. The number of nitrogens with one attached hydrogen (secondary N) is 4. The molecule has 10 N–H and O–H groups in total. The minimum atomic E-state index is -0.452. The Morgan fingerprint density at radius 1 is 0.624 bits per heavy atom. The van der Waals surface area contributed by atoms with Crippen molar-refractivity contribution < 1.29 is 43.0 Å². The number of ether oxygens (including phenoxy) is 3. The number of aromatic nitrogens is 12. The van der Waals surface area contributed by atoms with Gasteiger partial charge in [0.15, 0.2) is 0 Å². The van der Waals surface area contributed by atoms with Crippen LogP contribution in [0.25, 0.3) is 50.3 Å². The molecule has 0 radical (unpaired) electrons. The molecule has 13 rings (SSSR count). The lowest BCUT2D eigenvalue weighted by Crippen LogP contribution is -2.30. The Balaban J connectivity index is 0.000000163. The summed E-state index contributed by atoms with van der Waals surface area (Å²) in [5, 5.41) is 13.0. The van der Waals surface area contributed by atoms with Gasteiger partial charge in [0.2, 0.25) is 5.91 Å². The van der Waals surface area contributed by atoms with E-state index in [-0.39, 0.29) is 53.1 Å². The number of nitrogen functional groups attached to an aromatic ring is 3. The normalized spacial score (nSPS) is 12.8. The number of nitrogens with zero attached hydrogens (tertiary/aromatic N) is 14. The van der Waals surface area contributed by atoms with Crippen LogP contribution in [0.2, 0.25) is 0 Å². The zero-order valence-electron chi connectivity index (χ0n) is 61.1. The van der Waals surface area contributed by atoms with Gasteiger partial charge in [0.25, 0.3) is 29.5 Å². The number of rotatable bonds is 19. The quantitative estimate of drug-likeness (QED) is 0.0292. The molecule has 554 valence electrons.